The van der Waals surface area contributed by atoms with E-state index < -0.39 is 0 Å². The van der Waals surface area contributed by atoms with Gasteiger partial charge in [0, 0.05) is 29.4 Å². The fourth-order valence-corrected chi connectivity index (χ4v) is 4.51. The van der Waals surface area contributed by atoms with Crippen LogP contribution in [0.1, 0.15) is 73.8 Å². The van der Waals surface area contributed by atoms with Gasteiger partial charge in [-0.3, -0.25) is 9.59 Å². The van der Waals surface area contributed by atoms with Gasteiger partial charge in [0.25, 0.3) is 11.5 Å². The molecule has 0 atom stereocenters. The highest BCUT2D eigenvalue weighted by atomic mass is 16.1. The Hall–Kier alpha value is -3.74. The van der Waals surface area contributed by atoms with Gasteiger partial charge in [0.05, 0.1) is 22.8 Å². The lowest BCUT2D eigenvalue weighted by molar-refractivity contribution is 0.0952. The zero-order valence-electron chi connectivity index (χ0n) is 21.8. The van der Waals surface area contributed by atoms with E-state index in [-0.39, 0.29) is 24.1 Å². The van der Waals surface area contributed by atoms with E-state index in [9.17, 15) is 9.59 Å². The quantitative estimate of drug-likeness (QED) is 0.323. The smallest absolute Gasteiger partial charge is 0.253 e. The molecule has 2 N–H and O–H groups in total. The molecular weight excluding hydrogens is 450 g/mol. The molecule has 3 aromatic heterocycles. The molecule has 0 spiro atoms. The van der Waals surface area contributed by atoms with E-state index in [0.29, 0.717) is 33.8 Å². The molecule has 0 saturated carbocycles. The molecule has 3 heterocycles. The molecule has 188 valence electrons. The Balaban J connectivity index is 1.67. The summed E-state index contributed by atoms with van der Waals surface area (Å²) in [4.78, 5) is 34.0. The Morgan fingerprint density at radius 1 is 1.11 bits per heavy atom. The molecule has 1 aromatic carbocycles. The number of benzene rings is 1. The lowest BCUT2D eigenvalue weighted by Gasteiger charge is -2.13. The van der Waals surface area contributed by atoms with Crippen LogP contribution >= 0.6 is 0 Å². The van der Waals surface area contributed by atoms with Crippen LogP contribution in [0.3, 0.4) is 0 Å². The number of aromatic amines is 1. The number of pyridine rings is 2. The maximum absolute atomic E-state index is 13.5. The molecule has 1 amide bonds. The van der Waals surface area contributed by atoms with E-state index >= 15 is 0 Å². The first kappa shape index (κ1) is 25.4. The van der Waals surface area contributed by atoms with Crippen LogP contribution in [0.4, 0.5) is 0 Å². The molecule has 0 aliphatic heterocycles. The van der Waals surface area contributed by atoms with Crippen LogP contribution in [0.2, 0.25) is 0 Å². The molecule has 0 aliphatic carbocycles. The number of amides is 1. The number of H-pyrrole nitrogens is 1. The summed E-state index contributed by atoms with van der Waals surface area (Å²) in [6.07, 6.45) is 4.60. The fraction of sp³-hybridized carbons (Fsp3) is 0.379. The Labute approximate surface area is 212 Å². The summed E-state index contributed by atoms with van der Waals surface area (Å²) in [5, 5.41) is 8.19. The monoisotopic (exact) mass is 485 g/mol. The molecule has 0 aliphatic rings. The SMILES string of the molecule is Cc1cc(CCCC(C)C)c(CNC(=O)c2cc(-c3ccccc3)nc3c2cnn3C(C)C)c(=O)[nH]1. The Kier molecular flexibility index (Phi) is 7.67. The van der Waals surface area contributed by atoms with Crippen molar-refractivity contribution in [1.82, 2.24) is 25.1 Å². The van der Waals surface area contributed by atoms with E-state index in [1.165, 1.54) is 0 Å². The van der Waals surface area contributed by atoms with Gasteiger partial charge in [0.1, 0.15) is 0 Å². The minimum absolute atomic E-state index is 0.0939. The molecular formula is C29H35N5O2. The van der Waals surface area contributed by atoms with Crippen molar-refractivity contribution >= 4 is 16.9 Å². The maximum atomic E-state index is 13.5. The molecule has 4 rings (SSSR count). The minimum Gasteiger partial charge on any atom is -0.348 e. The minimum atomic E-state index is -0.254. The highest BCUT2D eigenvalue weighted by Gasteiger charge is 2.19. The summed E-state index contributed by atoms with van der Waals surface area (Å²) in [6.45, 7) is 10.5. The summed E-state index contributed by atoms with van der Waals surface area (Å²) in [5.41, 5.74) is 5.09. The normalized spacial score (nSPS) is 11.5. The highest BCUT2D eigenvalue weighted by molar-refractivity contribution is 6.06. The Morgan fingerprint density at radius 3 is 2.56 bits per heavy atom. The standard InChI is InChI=1S/C29H35N5O2/c1-18(2)10-9-13-22-14-20(5)32-29(36)24(22)16-30-28(35)23-15-26(21-11-7-6-8-12-21)33-27-25(23)17-31-34(27)19(3)4/h6-8,11-12,14-15,17-19H,9-10,13,16H2,1-5H3,(H,30,35)(H,32,36). The number of aryl methyl sites for hydroxylation is 2. The number of aromatic nitrogens is 4. The topological polar surface area (TPSA) is 92.7 Å². The van der Waals surface area contributed by atoms with Gasteiger partial charge >= 0.3 is 0 Å². The maximum Gasteiger partial charge on any atom is 0.253 e. The number of nitrogens with one attached hydrogen (secondary N) is 2. The summed E-state index contributed by atoms with van der Waals surface area (Å²) >= 11 is 0. The third-order valence-corrected chi connectivity index (χ3v) is 6.39. The van der Waals surface area contributed by atoms with Crippen molar-refractivity contribution in [3.05, 3.63) is 81.4 Å². The Morgan fingerprint density at radius 2 is 1.86 bits per heavy atom. The number of hydrogen-bond acceptors (Lipinski definition) is 4. The van der Waals surface area contributed by atoms with Crippen LogP contribution < -0.4 is 10.9 Å². The van der Waals surface area contributed by atoms with Crippen molar-refractivity contribution in [3.8, 4) is 11.3 Å². The molecule has 7 nitrogen and oxygen atoms in total. The van der Waals surface area contributed by atoms with E-state index in [2.05, 4.69) is 29.2 Å². The summed E-state index contributed by atoms with van der Waals surface area (Å²) in [7, 11) is 0. The van der Waals surface area contributed by atoms with Gasteiger partial charge in [0.15, 0.2) is 5.65 Å². The predicted octanol–water partition coefficient (Wildman–Crippen LogP) is 5.58. The van der Waals surface area contributed by atoms with E-state index in [4.69, 9.17) is 4.98 Å². The molecule has 4 aromatic rings. The van der Waals surface area contributed by atoms with Crippen LogP contribution in [-0.4, -0.2) is 25.7 Å². The van der Waals surface area contributed by atoms with Gasteiger partial charge in [-0.2, -0.15) is 5.10 Å². The average Bonchev–Trinajstić information content (AvgIpc) is 3.27. The van der Waals surface area contributed by atoms with Crippen LogP contribution in [0.25, 0.3) is 22.3 Å². The number of nitrogens with zero attached hydrogens (tertiary/aromatic N) is 3. The van der Waals surface area contributed by atoms with E-state index in [0.717, 1.165) is 36.1 Å². The van der Waals surface area contributed by atoms with Crippen molar-refractivity contribution in [1.29, 1.82) is 0 Å². The molecule has 7 heteroatoms. The zero-order chi connectivity index (χ0) is 25.8. The molecule has 0 radical (unpaired) electrons. The van der Waals surface area contributed by atoms with E-state index in [1.54, 1.807) is 6.20 Å². The number of carbonyl (C=O) groups excluding carboxylic acids is 1. The summed E-state index contributed by atoms with van der Waals surface area (Å²) in [5.74, 6) is 0.354. The third kappa shape index (κ3) is 5.56. The summed E-state index contributed by atoms with van der Waals surface area (Å²) in [6, 6.07) is 13.7. The van der Waals surface area contributed by atoms with Crippen molar-refractivity contribution in [2.75, 3.05) is 0 Å². The van der Waals surface area contributed by atoms with Crippen molar-refractivity contribution in [2.45, 2.75) is 66.5 Å². The van der Waals surface area contributed by atoms with Crippen molar-refractivity contribution < 1.29 is 4.79 Å². The fourth-order valence-electron chi connectivity index (χ4n) is 4.51. The third-order valence-electron chi connectivity index (χ3n) is 6.39. The lowest BCUT2D eigenvalue weighted by atomic mass is 9.99. The van der Waals surface area contributed by atoms with Crippen LogP contribution in [0.15, 0.2) is 53.5 Å². The molecule has 36 heavy (non-hydrogen) atoms. The Bertz CT molecular complexity index is 1420. The van der Waals surface area contributed by atoms with Crippen molar-refractivity contribution in [3.63, 3.8) is 0 Å². The van der Waals surface area contributed by atoms with Gasteiger partial charge in [0.2, 0.25) is 0 Å². The second-order valence-electron chi connectivity index (χ2n) is 10.1. The zero-order valence-corrected chi connectivity index (χ0v) is 21.8. The van der Waals surface area contributed by atoms with Gasteiger partial charge in [-0.1, -0.05) is 50.6 Å². The first-order valence-electron chi connectivity index (χ1n) is 12.7. The van der Waals surface area contributed by atoms with Gasteiger partial charge < -0.3 is 10.3 Å². The van der Waals surface area contributed by atoms with Crippen LogP contribution in [0, 0.1) is 12.8 Å². The van der Waals surface area contributed by atoms with Gasteiger partial charge in [-0.15, -0.1) is 0 Å². The van der Waals surface area contributed by atoms with Crippen LogP contribution in [-0.2, 0) is 13.0 Å². The van der Waals surface area contributed by atoms with Gasteiger partial charge in [-0.05, 0) is 57.2 Å². The number of rotatable bonds is 9. The largest absolute Gasteiger partial charge is 0.348 e. The van der Waals surface area contributed by atoms with Crippen LogP contribution in [0.5, 0.6) is 0 Å². The lowest BCUT2D eigenvalue weighted by Crippen LogP contribution is -2.28. The second kappa shape index (κ2) is 10.9. The van der Waals surface area contributed by atoms with Gasteiger partial charge in [-0.25, -0.2) is 9.67 Å². The van der Waals surface area contributed by atoms with Crippen molar-refractivity contribution in [2.24, 2.45) is 5.92 Å². The number of carbonyl (C=O) groups is 1. The number of hydrogen-bond donors (Lipinski definition) is 2. The number of fused-ring (bicyclic) bond motifs is 1. The average molecular weight is 486 g/mol. The highest BCUT2D eigenvalue weighted by Crippen LogP contribution is 2.26. The predicted molar refractivity (Wildman–Crippen MR) is 144 cm³/mol. The molecule has 0 saturated heterocycles. The molecule has 0 fully saturated rings. The first-order valence-corrected chi connectivity index (χ1v) is 12.7. The summed E-state index contributed by atoms with van der Waals surface area (Å²) < 4.78 is 1.83. The molecule has 0 unspecified atom stereocenters. The second-order valence-corrected chi connectivity index (χ2v) is 10.1. The first-order chi connectivity index (χ1) is 17.2. The van der Waals surface area contributed by atoms with E-state index in [1.807, 2.05) is 67.9 Å². The molecule has 0 bridgehead atoms.